The van der Waals surface area contributed by atoms with E-state index >= 15 is 0 Å². The normalized spacial score (nSPS) is 19.1. The van der Waals surface area contributed by atoms with Crippen molar-refractivity contribution in [3.8, 4) is 55.6 Å². The van der Waals surface area contributed by atoms with Crippen LogP contribution in [0.4, 0.5) is 17.1 Å². The van der Waals surface area contributed by atoms with E-state index in [9.17, 15) is 0 Å². The highest BCUT2D eigenvalue weighted by molar-refractivity contribution is 5.90. The largest absolute Gasteiger partial charge is 0.310 e. The van der Waals surface area contributed by atoms with Crippen molar-refractivity contribution >= 4 is 17.1 Å². The lowest BCUT2D eigenvalue weighted by molar-refractivity contribution is 0.265. The van der Waals surface area contributed by atoms with Crippen molar-refractivity contribution in [2.45, 2.75) is 55.8 Å². The van der Waals surface area contributed by atoms with Gasteiger partial charge in [0.15, 0.2) is 0 Å². The quantitative estimate of drug-likeness (QED) is 0.167. The standard InChI is InChI=1S/C63H49N/c1-61(2)55-24-14-12-22-49(55)51-32-28-47(40-57(51)61)64(46-20-10-5-11-21-46)48-29-33-54-53-31-27-45(43-18-8-4-9-19-43)39-59(53)63(60(54)41-48)36-34-62(35-37-63)56-25-15-13-23-50(56)52-30-26-44(38-58(52)62)42-16-6-3-7-17-42/h3-33,38-41H,34-37H2,1-2H3. The molecule has 0 atom stereocenters. The maximum absolute atomic E-state index is 2.58. The third-order valence-electron chi connectivity index (χ3n) is 15.9. The van der Waals surface area contributed by atoms with Crippen LogP contribution in [0.5, 0.6) is 0 Å². The van der Waals surface area contributed by atoms with Crippen LogP contribution < -0.4 is 4.90 Å². The van der Waals surface area contributed by atoms with E-state index in [0.717, 1.165) is 25.7 Å². The molecule has 0 aliphatic heterocycles. The van der Waals surface area contributed by atoms with Gasteiger partial charge in [-0.3, -0.25) is 0 Å². The highest BCUT2D eigenvalue weighted by Crippen LogP contribution is 2.64. The van der Waals surface area contributed by atoms with Crippen molar-refractivity contribution in [3.63, 3.8) is 0 Å². The average molecular weight is 820 g/mol. The molecule has 1 saturated carbocycles. The van der Waals surface area contributed by atoms with Crippen molar-refractivity contribution < 1.29 is 0 Å². The Balaban J connectivity index is 0.972. The van der Waals surface area contributed by atoms with Gasteiger partial charge in [-0.25, -0.2) is 0 Å². The van der Waals surface area contributed by atoms with Gasteiger partial charge in [-0.05, 0) is 163 Å². The molecular weight excluding hydrogens is 771 g/mol. The molecule has 64 heavy (non-hydrogen) atoms. The van der Waals surface area contributed by atoms with Crippen LogP contribution in [0, 0.1) is 0 Å². The number of nitrogens with zero attached hydrogens (tertiary/aromatic N) is 1. The number of benzene rings is 9. The summed E-state index contributed by atoms with van der Waals surface area (Å²) in [6, 6.07) is 80.4. The van der Waals surface area contributed by atoms with Crippen LogP contribution in [0.25, 0.3) is 55.6 Å². The van der Waals surface area contributed by atoms with E-state index in [1.54, 1.807) is 0 Å². The Hall–Kier alpha value is -7.22. The van der Waals surface area contributed by atoms with E-state index in [1.165, 1.54) is 106 Å². The summed E-state index contributed by atoms with van der Waals surface area (Å²) in [5.41, 5.74) is 25.5. The van der Waals surface area contributed by atoms with Crippen LogP contribution in [0.2, 0.25) is 0 Å². The van der Waals surface area contributed by atoms with E-state index in [-0.39, 0.29) is 16.2 Å². The Bertz CT molecular complexity index is 3290. The summed E-state index contributed by atoms with van der Waals surface area (Å²) in [5.74, 6) is 0. The van der Waals surface area contributed by atoms with Crippen LogP contribution in [-0.2, 0) is 16.2 Å². The Kier molecular flexibility index (Phi) is 8.10. The zero-order valence-electron chi connectivity index (χ0n) is 36.5. The fourth-order valence-electron chi connectivity index (χ4n) is 12.7. The van der Waals surface area contributed by atoms with Crippen LogP contribution >= 0.6 is 0 Å². The van der Waals surface area contributed by atoms with Gasteiger partial charge in [0.05, 0.1) is 0 Å². The lowest BCUT2D eigenvalue weighted by Gasteiger charge is -2.46. The van der Waals surface area contributed by atoms with Gasteiger partial charge in [-0.15, -0.1) is 0 Å². The van der Waals surface area contributed by atoms with Crippen LogP contribution in [0.15, 0.2) is 212 Å². The molecule has 0 radical (unpaired) electrons. The molecule has 9 aromatic carbocycles. The first-order valence-corrected chi connectivity index (χ1v) is 23.2. The minimum Gasteiger partial charge on any atom is -0.310 e. The number of hydrogen-bond donors (Lipinski definition) is 0. The minimum atomic E-state index is -0.143. The first kappa shape index (κ1) is 37.3. The number of hydrogen-bond acceptors (Lipinski definition) is 1. The zero-order valence-corrected chi connectivity index (χ0v) is 36.5. The molecule has 1 heteroatoms. The predicted octanol–water partition coefficient (Wildman–Crippen LogP) is 16.6. The van der Waals surface area contributed by atoms with Crippen molar-refractivity contribution in [1.29, 1.82) is 0 Å². The second-order valence-electron chi connectivity index (χ2n) is 19.3. The van der Waals surface area contributed by atoms with Gasteiger partial charge in [0.1, 0.15) is 0 Å². The molecule has 0 unspecified atom stereocenters. The van der Waals surface area contributed by atoms with E-state index in [1.807, 2.05) is 0 Å². The van der Waals surface area contributed by atoms with Crippen molar-refractivity contribution in [3.05, 3.63) is 246 Å². The van der Waals surface area contributed by atoms with Crippen LogP contribution in [0.1, 0.15) is 72.9 Å². The van der Waals surface area contributed by atoms with E-state index in [4.69, 9.17) is 0 Å². The lowest BCUT2D eigenvalue weighted by atomic mass is 9.57. The molecule has 13 rings (SSSR count). The van der Waals surface area contributed by atoms with Crippen molar-refractivity contribution in [1.82, 2.24) is 0 Å². The molecule has 0 heterocycles. The summed E-state index contributed by atoms with van der Waals surface area (Å²) >= 11 is 0. The van der Waals surface area contributed by atoms with Gasteiger partial charge in [0, 0.05) is 33.3 Å². The third-order valence-corrected chi connectivity index (χ3v) is 15.9. The van der Waals surface area contributed by atoms with Gasteiger partial charge in [0.25, 0.3) is 0 Å². The topological polar surface area (TPSA) is 3.24 Å². The highest BCUT2D eigenvalue weighted by atomic mass is 15.1. The summed E-state index contributed by atoms with van der Waals surface area (Å²) < 4.78 is 0. The first-order valence-electron chi connectivity index (χ1n) is 23.2. The summed E-state index contributed by atoms with van der Waals surface area (Å²) in [6.45, 7) is 4.77. The smallest absolute Gasteiger partial charge is 0.0465 e. The molecule has 1 fully saturated rings. The monoisotopic (exact) mass is 819 g/mol. The minimum absolute atomic E-state index is 0.0512. The fourth-order valence-corrected chi connectivity index (χ4v) is 12.7. The average Bonchev–Trinajstić information content (AvgIpc) is 3.87. The molecule has 0 N–H and O–H groups in total. The molecule has 306 valence electrons. The summed E-state index contributed by atoms with van der Waals surface area (Å²) in [4.78, 5) is 2.50. The Morgan fingerprint density at radius 1 is 0.281 bits per heavy atom. The van der Waals surface area contributed by atoms with E-state index < -0.39 is 0 Å². The highest BCUT2D eigenvalue weighted by Gasteiger charge is 2.53. The number of rotatable bonds is 5. The van der Waals surface area contributed by atoms with Gasteiger partial charge in [-0.2, -0.15) is 0 Å². The number of anilines is 3. The summed E-state index contributed by atoms with van der Waals surface area (Å²) in [7, 11) is 0. The van der Waals surface area contributed by atoms with Gasteiger partial charge in [-0.1, -0.05) is 178 Å². The fraction of sp³-hybridized carbons (Fsp3) is 0.143. The van der Waals surface area contributed by atoms with E-state index in [0.29, 0.717) is 0 Å². The SMILES string of the molecule is CC1(C)c2ccccc2-c2ccc(N(c3ccccc3)c3ccc4c(c3)C3(CCC5(CC3)c3ccccc3-c3ccc(-c6ccccc6)cc35)c3cc(-c5ccccc5)ccc3-4)cc21. The van der Waals surface area contributed by atoms with Gasteiger partial charge < -0.3 is 4.90 Å². The second-order valence-corrected chi connectivity index (χ2v) is 19.3. The molecule has 9 aromatic rings. The lowest BCUT2D eigenvalue weighted by Crippen LogP contribution is -2.39. The maximum atomic E-state index is 2.58. The van der Waals surface area contributed by atoms with Crippen LogP contribution in [-0.4, -0.2) is 0 Å². The van der Waals surface area contributed by atoms with Crippen LogP contribution in [0.3, 0.4) is 0 Å². The molecule has 0 bridgehead atoms. The number of fused-ring (bicyclic) bond motifs is 13. The Labute approximate surface area is 377 Å². The number of para-hydroxylation sites is 1. The Morgan fingerprint density at radius 2 is 0.656 bits per heavy atom. The van der Waals surface area contributed by atoms with Gasteiger partial charge in [0.2, 0.25) is 0 Å². The summed E-state index contributed by atoms with van der Waals surface area (Å²) in [5, 5.41) is 0. The van der Waals surface area contributed by atoms with Gasteiger partial charge >= 0.3 is 0 Å². The molecule has 4 aliphatic rings. The van der Waals surface area contributed by atoms with Crippen molar-refractivity contribution in [2.24, 2.45) is 0 Å². The molecule has 0 saturated heterocycles. The molecule has 4 aliphatic carbocycles. The summed E-state index contributed by atoms with van der Waals surface area (Å²) in [6.07, 6.45) is 4.29. The maximum Gasteiger partial charge on any atom is 0.0465 e. The predicted molar refractivity (Wildman–Crippen MR) is 267 cm³/mol. The molecule has 0 aromatic heterocycles. The molecule has 0 amide bonds. The van der Waals surface area contributed by atoms with E-state index in [2.05, 4.69) is 231 Å². The molecule has 1 nitrogen and oxygen atoms in total. The Morgan fingerprint density at radius 3 is 1.20 bits per heavy atom. The molecular formula is C63H49N. The second kappa shape index (κ2) is 13.9. The molecule has 2 spiro atoms. The first-order chi connectivity index (χ1) is 31.4. The third kappa shape index (κ3) is 5.31. The zero-order chi connectivity index (χ0) is 42.6. The van der Waals surface area contributed by atoms with Crippen molar-refractivity contribution in [2.75, 3.05) is 4.90 Å².